The highest BCUT2D eigenvalue weighted by Crippen LogP contribution is 2.31. The number of pyridine rings is 1. The molecule has 0 fully saturated rings. The van der Waals surface area contributed by atoms with Gasteiger partial charge in [0.1, 0.15) is 10.9 Å². The Morgan fingerprint density at radius 3 is 2.50 bits per heavy atom. The van der Waals surface area contributed by atoms with Gasteiger partial charge in [0.25, 0.3) is 0 Å². The standard InChI is InChI=1S/C12H9Cl2N3S/c13-9-3-2-8(5-10(9)14)18-11-4-1-7(6-17-11)12(15)16/h1-6H,(H3,15,16). The van der Waals surface area contributed by atoms with Crippen LogP contribution >= 0.6 is 35.0 Å². The Kier molecular flexibility index (Phi) is 4.11. The first-order valence-corrected chi connectivity index (χ1v) is 6.57. The number of hydrogen-bond acceptors (Lipinski definition) is 3. The van der Waals surface area contributed by atoms with Gasteiger partial charge in [-0.25, -0.2) is 4.98 Å². The summed E-state index contributed by atoms with van der Waals surface area (Å²) < 4.78 is 0. The molecule has 0 saturated heterocycles. The highest BCUT2D eigenvalue weighted by atomic mass is 35.5. The molecule has 0 spiro atoms. The van der Waals surface area contributed by atoms with Crippen molar-refractivity contribution in [3.63, 3.8) is 0 Å². The molecule has 0 amide bonds. The van der Waals surface area contributed by atoms with Crippen molar-refractivity contribution in [1.29, 1.82) is 5.41 Å². The minimum absolute atomic E-state index is 0.00795. The number of rotatable bonds is 3. The second-order valence-corrected chi connectivity index (χ2v) is 5.38. The number of hydrogen-bond donors (Lipinski definition) is 2. The average Bonchev–Trinajstić information content (AvgIpc) is 2.34. The second kappa shape index (κ2) is 5.61. The van der Waals surface area contributed by atoms with Gasteiger partial charge in [-0.15, -0.1) is 0 Å². The van der Waals surface area contributed by atoms with Crippen molar-refractivity contribution >= 4 is 40.8 Å². The number of amidine groups is 1. The van der Waals surface area contributed by atoms with Crippen LogP contribution in [-0.2, 0) is 0 Å². The summed E-state index contributed by atoms with van der Waals surface area (Å²) in [6, 6.07) is 8.98. The van der Waals surface area contributed by atoms with E-state index in [-0.39, 0.29) is 5.84 Å². The molecule has 1 aromatic carbocycles. The fourth-order valence-electron chi connectivity index (χ4n) is 1.26. The molecule has 0 saturated carbocycles. The summed E-state index contributed by atoms with van der Waals surface area (Å²) in [5.74, 6) is 0.00795. The monoisotopic (exact) mass is 297 g/mol. The molecule has 0 bridgehead atoms. The third-order valence-corrected chi connectivity index (χ3v) is 3.84. The highest BCUT2D eigenvalue weighted by Gasteiger charge is 2.03. The van der Waals surface area contributed by atoms with E-state index >= 15 is 0 Å². The number of nitrogen functional groups attached to an aromatic ring is 1. The molecular weight excluding hydrogens is 289 g/mol. The predicted molar refractivity (Wildman–Crippen MR) is 75.8 cm³/mol. The normalized spacial score (nSPS) is 10.3. The van der Waals surface area contributed by atoms with Crippen molar-refractivity contribution in [2.24, 2.45) is 5.73 Å². The zero-order valence-electron chi connectivity index (χ0n) is 9.15. The van der Waals surface area contributed by atoms with Crippen molar-refractivity contribution in [2.75, 3.05) is 0 Å². The Hall–Kier alpha value is -1.23. The van der Waals surface area contributed by atoms with Gasteiger partial charge in [-0.05, 0) is 30.3 Å². The number of benzene rings is 1. The van der Waals surface area contributed by atoms with Gasteiger partial charge in [-0.3, -0.25) is 5.41 Å². The first-order chi connectivity index (χ1) is 8.56. The largest absolute Gasteiger partial charge is 0.384 e. The zero-order chi connectivity index (χ0) is 13.1. The predicted octanol–water partition coefficient (Wildman–Crippen LogP) is 3.82. The summed E-state index contributed by atoms with van der Waals surface area (Å²) in [6.45, 7) is 0. The first kappa shape index (κ1) is 13.2. The number of nitrogens with zero attached hydrogens (tertiary/aromatic N) is 1. The van der Waals surface area contributed by atoms with Crippen LogP contribution in [0.3, 0.4) is 0 Å². The van der Waals surface area contributed by atoms with Crippen molar-refractivity contribution in [3.05, 3.63) is 52.1 Å². The lowest BCUT2D eigenvalue weighted by Crippen LogP contribution is -2.10. The maximum atomic E-state index is 7.28. The topological polar surface area (TPSA) is 62.8 Å². The van der Waals surface area contributed by atoms with Crippen LogP contribution in [0.2, 0.25) is 10.0 Å². The quantitative estimate of drug-likeness (QED) is 0.668. The zero-order valence-corrected chi connectivity index (χ0v) is 11.5. The number of nitrogens with one attached hydrogen (secondary N) is 1. The van der Waals surface area contributed by atoms with Crippen molar-refractivity contribution in [3.8, 4) is 0 Å². The Labute approximate surface area is 119 Å². The summed E-state index contributed by atoms with van der Waals surface area (Å²) in [5.41, 5.74) is 5.96. The molecular formula is C12H9Cl2N3S. The van der Waals surface area contributed by atoms with Crippen LogP contribution in [-0.4, -0.2) is 10.8 Å². The van der Waals surface area contributed by atoms with Gasteiger partial charge in [-0.1, -0.05) is 35.0 Å². The minimum atomic E-state index is 0.00795. The van der Waals surface area contributed by atoms with E-state index in [1.165, 1.54) is 11.8 Å². The summed E-state index contributed by atoms with van der Waals surface area (Å²) in [5, 5.41) is 9.13. The van der Waals surface area contributed by atoms with E-state index in [9.17, 15) is 0 Å². The van der Waals surface area contributed by atoms with E-state index in [1.807, 2.05) is 12.1 Å². The molecule has 0 aliphatic rings. The molecule has 2 rings (SSSR count). The van der Waals surface area contributed by atoms with E-state index in [1.54, 1.807) is 24.4 Å². The third kappa shape index (κ3) is 3.16. The smallest absolute Gasteiger partial charge is 0.124 e. The molecule has 92 valence electrons. The van der Waals surface area contributed by atoms with Crippen LogP contribution in [0.5, 0.6) is 0 Å². The van der Waals surface area contributed by atoms with Crippen molar-refractivity contribution in [1.82, 2.24) is 4.98 Å². The minimum Gasteiger partial charge on any atom is -0.384 e. The summed E-state index contributed by atoms with van der Waals surface area (Å²) >= 11 is 13.2. The molecule has 1 aromatic heterocycles. The van der Waals surface area contributed by atoms with Crippen LogP contribution < -0.4 is 5.73 Å². The molecule has 0 aliphatic heterocycles. The lowest BCUT2D eigenvalue weighted by atomic mass is 10.3. The fraction of sp³-hybridized carbons (Fsp3) is 0. The van der Waals surface area contributed by atoms with Gasteiger partial charge in [0.15, 0.2) is 0 Å². The van der Waals surface area contributed by atoms with E-state index in [2.05, 4.69) is 4.98 Å². The Morgan fingerprint density at radius 1 is 1.17 bits per heavy atom. The summed E-state index contributed by atoms with van der Waals surface area (Å²) in [4.78, 5) is 5.16. The Morgan fingerprint density at radius 2 is 1.94 bits per heavy atom. The van der Waals surface area contributed by atoms with Crippen LogP contribution in [0, 0.1) is 5.41 Å². The molecule has 3 nitrogen and oxygen atoms in total. The van der Waals surface area contributed by atoms with E-state index < -0.39 is 0 Å². The molecule has 0 atom stereocenters. The molecule has 1 heterocycles. The molecule has 3 N–H and O–H groups in total. The maximum absolute atomic E-state index is 7.28. The van der Waals surface area contributed by atoms with E-state index in [0.717, 1.165) is 9.92 Å². The van der Waals surface area contributed by atoms with Crippen LogP contribution in [0.15, 0.2) is 46.5 Å². The number of aromatic nitrogens is 1. The van der Waals surface area contributed by atoms with E-state index in [0.29, 0.717) is 15.6 Å². The Balaban J connectivity index is 2.18. The number of halogens is 2. The highest BCUT2D eigenvalue weighted by molar-refractivity contribution is 7.99. The molecule has 0 unspecified atom stereocenters. The van der Waals surface area contributed by atoms with Crippen LogP contribution in [0.1, 0.15) is 5.56 Å². The maximum Gasteiger partial charge on any atom is 0.124 e. The molecule has 6 heteroatoms. The lowest BCUT2D eigenvalue weighted by Gasteiger charge is -2.03. The van der Waals surface area contributed by atoms with Gasteiger partial charge in [0.05, 0.1) is 10.0 Å². The van der Waals surface area contributed by atoms with Gasteiger partial charge in [0, 0.05) is 16.7 Å². The van der Waals surface area contributed by atoms with Gasteiger partial charge in [-0.2, -0.15) is 0 Å². The molecule has 2 aromatic rings. The lowest BCUT2D eigenvalue weighted by molar-refractivity contribution is 1.12. The average molecular weight is 298 g/mol. The van der Waals surface area contributed by atoms with Gasteiger partial charge in [0.2, 0.25) is 0 Å². The van der Waals surface area contributed by atoms with Crippen LogP contribution in [0.25, 0.3) is 0 Å². The molecule has 0 radical (unpaired) electrons. The fourth-order valence-corrected chi connectivity index (χ4v) is 2.42. The summed E-state index contributed by atoms with van der Waals surface area (Å²) in [6.07, 6.45) is 1.57. The first-order valence-electron chi connectivity index (χ1n) is 4.99. The summed E-state index contributed by atoms with van der Waals surface area (Å²) in [7, 11) is 0. The molecule has 18 heavy (non-hydrogen) atoms. The third-order valence-electron chi connectivity index (χ3n) is 2.16. The molecule has 0 aliphatic carbocycles. The van der Waals surface area contributed by atoms with Crippen molar-refractivity contribution < 1.29 is 0 Å². The number of nitrogens with two attached hydrogens (primary N) is 1. The SMILES string of the molecule is N=C(N)c1ccc(Sc2ccc(Cl)c(Cl)c2)nc1. The van der Waals surface area contributed by atoms with Crippen LogP contribution in [0.4, 0.5) is 0 Å². The van der Waals surface area contributed by atoms with Crippen molar-refractivity contribution in [2.45, 2.75) is 9.92 Å². The van der Waals surface area contributed by atoms with Gasteiger partial charge >= 0.3 is 0 Å². The Bertz CT molecular complexity index is 584. The van der Waals surface area contributed by atoms with Gasteiger partial charge < -0.3 is 5.73 Å². The second-order valence-electron chi connectivity index (χ2n) is 3.48. The van der Waals surface area contributed by atoms with E-state index in [4.69, 9.17) is 34.3 Å².